The Labute approximate surface area is 123 Å². The Bertz CT molecular complexity index is 407. The zero-order valence-electron chi connectivity index (χ0n) is 13.5. The van der Waals surface area contributed by atoms with E-state index in [1.54, 1.807) is 0 Å². The smallest absolute Gasteiger partial charge is 0.118 e. The molecular weight excluding hydrogens is 248 g/mol. The minimum Gasteiger partial charge on any atom is -0.465 e. The average molecular weight is 278 g/mol. The summed E-state index contributed by atoms with van der Waals surface area (Å²) in [5.41, 5.74) is 1.37. The van der Waals surface area contributed by atoms with Crippen molar-refractivity contribution in [2.45, 2.75) is 66.1 Å². The van der Waals surface area contributed by atoms with Crippen LogP contribution in [0.4, 0.5) is 0 Å². The van der Waals surface area contributed by atoms with Crippen LogP contribution in [0.15, 0.2) is 10.5 Å². The first-order chi connectivity index (χ1) is 9.60. The lowest BCUT2D eigenvalue weighted by atomic mass is 10.1. The van der Waals surface area contributed by atoms with Crippen LogP contribution < -0.4 is 5.32 Å². The van der Waals surface area contributed by atoms with Crippen molar-refractivity contribution >= 4 is 0 Å². The maximum absolute atomic E-state index is 5.88. The number of aryl methyl sites for hydroxylation is 1. The molecule has 1 aromatic heterocycles. The van der Waals surface area contributed by atoms with Gasteiger partial charge in [0.05, 0.1) is 6.54 Å². The van der Waals surface area contributed by atoms with Gasteiger partial charge < -0.3 is 9.73 Å². The first-order valence-corrected chi connectivity index (χ1v) is 8.13. The van der Waals surface area contributed by atoms with E-state index < -0.39 is 0 Å². The predicted molar refractivity (Wildman–Crippen MR) is 83.7 cm³/mol. The Morgan fingerprint density at radius 3 is 2.75 bits per heavy atom. The van der Waals surface area contributed by atoms with Crippen LogP contribution >= 0.6 is 0 Å². The van der Waals surface area contributed by atoms with Crippen LogP contribution in [0.5, 0.6) is 0 Å². The molecule has 0 aromatic carbocycles. The molecule has 1 aliphatic rings. The first kappa shape index (κ1) is 15.6. The van der Waals surface area contributed by atoms with Gasteiger partial charge in [-0.05, 0) is 44.7 Å². The van der Waals surface area contributed by atoms with E-state index in [0.29, 0.717) is 0 Å². The fraction of sp³-hybridized carbons (Fsp3) is 0.765. The molecule has 0 saturated heterocycles. The van der Waals surface area contributed by atoms with Crippen molar-refractivity contribution in [3.8, 4) is 0 Å². The molecule has 0 unspecified atom stereocenters. The predicted octanol–water partition coefficient (Wildman–Crippen LogP) is 3.71. The summed E-state index contributed by atoms with van der Waals surface area (Å²) in [6.07, 6.45) is 3.90. The molecule has 1 N–H and O–H groups in total. The number of rotatable bonds is 9. The lowest BCUT2D eigenvalue weighted by molar-refractivity contribution is 0.225. The molecule has 3 heteroatoms. The van der Waals surface area contributed by atoms with Gasteiger partial charge in [0.25, 0.3) is 0 Å². The highest BCUT2D eigenvalue weighted by Gasteiger charge is 2.29. The Hall–Kier alpha value is -0.800. The molecule has 1 aliphatic carbocycles. The molecule has 1 heterocycles. The SMILES string of the molecule is CCCNCc1cc(CN(CC(C)C)C2CC2)c(C)o1. The van der Waals surface area contributed by atoms with Crippen LogP contribution in [0, 0.1) is 12.8 Å². The summed E-state index contributed by atoms with van der Waals surface area (Å²) in [7, 11) is 0. The van der Waals surface area contributed by atoms with E-state index in [-0.39, 0.29) is 0 Å². The normalized spacial score (nSPS) is 15.5. The second-order valence-electron chi connectivity index (χ2n) is 6.53. The van der Waals surface area contributed by atoms with Crippen LogP contribution in [0.3, 0.4) is 0 Å². The van der Waals surface area contributed by atoms with Gasteiger partial charge >= 0.3 is 0 Å². The van der Waals surface area contributed by atoms with Crippen LogP contribution in [-0.4, -0.2) is 24.0 Å². The van der Waals surface area contributed by atoms with E-state index >= 15 is 0 Å². The van der Waals surface area contributed by atoms with Gasteiger partial charge in [-0.3, -0.25) is 4.90 Å². The average Bonchev–Trinajstić information content (AvgIpc) is 3.16. The Balaban J connectivity index is 1.93. The fourth-order valence-electron chi connectivity index (χ4n) is 2.69. The van der Waals surface area contributed by atoms with Gasteiger partial charge in [0.15, 0.2) is 0 Å². The lowest BCUT2D eigenvalue weighted by Gasteiger charge is -2.23. The zero-order chi connectivity index (χ0) is 14.5. The van der Waals surface area contributed by atoms with Crippen molar-refractivity contribution in [1.29, 1.82) is 0 Å². The third kappa shape index (κ3) is 4.64. The van der Waals surface area contributed by atoms with Gasteiger partial charge in [-0.2, -0.15) is 0 Å². The third-order valence-corrected chi connectivity index (χ3v) is 3.83. The highest BCUT2D eigenvalue weighted by atomic mass is 16.3. The van der Waals surface area contributed by atoms with Crippen molar-refractivity contribution in [2.75, 3.05) is 13.1 Å². The molecule has 3 nitrogen and oxygen atoms in total. The number of furan rings is 1. The quantitative estimate of drug-likeness (QED) is 0.698. The van der Waals surface area contributed by atoms with Gasteiger partial charge in [0.1, 0.15) is 11.5 Å². The zero-order valence-corrected chi connectivity index (χ0v) is 13.5. The topological polar surface area (TPSA) is 28.4 Å². The van der Waals surface area contributed by atoms with Crippen molar-refractivity contribution in [1.82, 2.24) is 10.2 Å². The molecule has 0 atom stereocenters. The molecule has 0 spiro atoms. The molecule has 1 aromatic rings. The number of nitrogens with zero attached hydrogens (tertiary/aromatic N) is 1. The maximum atomic E-state index is 5.88. The van der Waals surface area contributed by atoms with Crippen molar-refractivity contribution in [2.24, 2.45) is 5.92 Å². The Morgan fingerprint density at radius 2 is 2.15 bits per heavy atom. The molecule has 0 aliphatic heterocycles. The van der Waals surface area contributed by atoms with Crippen LogP contribution in [0.2, 0.25) is 0 Å². The molecule has 114 valence electrons. The summed E-state index contributed by atoms with van der Waals surface area (Å²) >= 11 is 0. The third-order valence-electron chi connectivity index (χ3n) is 3.83. The molecule has 0 amide bonds. The first-order valence-electron chi connectivity index (χ1n) is 8.13. The largest absolute Gasteiger partial charge is 0.465 e. The monoisotopic (exact) mass is 278 g/mol. The molecule has 2 rings (SSSR count). The van der Waals surface area contributed by atoms with Gasteiger partial charge in [-0.1, -0.05) is 20.8 Å². The van der Waals surface area contributed by atoms with Crippen molar-refractivity contribution in [3.05, 3.63) is 23.2 Å². The molecule has 1 saturated carbocycles. The number of hydrogen-bond donors (Lipinski definition) is 1. The van der Waals surface area contributed by atoms with Gasteiger partial charge in [0.2, 0.25) is 0 Å². The minimum atomic E-state index is 0.730. The van der Waals surface area contributed by atoms with Crippen molar-refractivity contribution in [3.63, 3.8) is 0 Å². The summed E-state index contributed by atoms with van der Waals surface area (Å²) < 4.78 is 5.88. The van der Waals surface area contributed by atoms with Crippen LogP contribution in [0.25, 0.3) is 0 Å². The minimum absolute atomic E-state index is 0.730. The molecule has 20 heavy (non-hydrogen) atoms. The lowest BCUT2D eigenvalue weighted by Crippen LogP contribution is -2.29. The summed E-state index contributed by atoms with van der Waals surface area (Å²) in [4.78, 5) is 2.63. The van der Waals surface area contributed by atoms with Gasteiger partial charge in [-0.15, -0.1) is 0 Å². The second kappa shape index (κ2) is 7.28. The van der Waals surface area contributed by atoms with E-state index in [2.05, 4.69) is 44.0 Å². The van der Waals surface area contributed by atoms with Gasteiger partial charge in [0, 0.05) is 24.7 Å². The molecule has 0 bridgehead atoms. The molecular formula is C17H30N2O. The summed E-state index contributed by atoms with van der Waals surface area (Å²) in [5.74, 6) is 2.90. The highest BCUT2D eigenvalue weighted by Crippen LogP contribution is 2.30. The summed E-state index contributed by atoms with van der Waals surface area (Å²) in [6, 6.07) is 3.06. The van der Waals surface area contributed by atoms with Gasteiger partial charge in [-0.25, -0.2) is 0 Å². The van der Waals surface area contributed by atoms with E-state index in [1.807, 2.05) is 0 Å². The van der Waals surface area contributed by atoms with E-state index in [0.717, 1.165) is 49.5 Å². The van der Waals surface area contributed by atoms with Crippen LogP contribution in [0.1, 0.15) is 57.1 Å². The standard InChI is InChI=1S/C17H30N2O/c1-5-8-18-10-17-9-15(14(4)20-17)12-19(11-13(2)3)16-6-7-16/h9,13,16,18H,5-8,10-12H2,1-4H3. The highest BCUT2D eigenvalue weighted by molar-refractivity contribution is 5.21. The summed E-state index contributed by atoms with van der Waals surface area (Å²) in [6.45, 7) is 13.0. The number of hydrogen-bond acceptors (Lipinski definition) is 3. The summed E-state index contributed by atoms with van der Waals surface area (Å²) in [5, 5.41) is 3.41. The maximum Gasteiger partial charge on any atom is 0.118 e. The molecule has 0 radical (unpaired) electrons. The second-order valence-corrected chi connectivity index (χ2v) is 6.53. The van der Waals surface area contributed by atoms with Crippen molar-refractivity contribution < 1.29 is 4.42 Å². The number of nitrogens with one attached hydrogen (secondary N) is 1. The van der Waals surface area contributed by atoms with Crippen LogP contribution in [-0.2, 0) is 13.1 Å². The van der Waals surface area contributed by atoms with E-state index in [4.69, 9.17) is 4.42 Å². The Morgan fingerprint density at radius 1 is 1.40 bits per heavy atom. The molecule has 1 fully saturated rings. The van der Waals surface area contributed by atoms with E-state index in [1.165, 1.54) is 24.9 Å². The Kier molecular flexibility index (Phi) is 5.67. The van der Waals surface area contributed by atoms with E-state index in [9.17, 15) is 0 Å². The fourth-order valence-corrected chi connectivity index (χ4v) is 2.69.